The van der Waals surface area contributed by atoms with Crippen molar-refractivity contribution in [1.82, 2.24) is 10.7 Å². The van der Waals surface area contributed by atoms with Crippen molar-refractivity contribution in [2.75, 3.05) is 12.0 Å². The van der Waals surface area contributed by atoms with E-state index in [1.807, 2.05) is 6.92 Å². The van der Waals surface area contributed by atoms with Crippen LogP contribution in [-0.2, 0) is 0 Å². The van der Waals surface area contributed by atoms with E-state index in [0.29, 0.717) is 10.8 Å². The molecule has 0 aliphatic carbocycles. The Hall–Kier alpha value is -1.82. The molecule has 0 aromatic heterocycles. The number of rotatable bonds is 4. The maximum atomic E-state index is 10.5. The van der Waals surface area contributed by atoms with Crippen LogP contribution in [0, 0.1) is 0 Å². The largest absolute Gasteiger partial charge is 0.545 e. The molecule has 0 radical (unpaired) electrons. The zero-order valence-electron chi connectivity index (χ0n) is 8.74. The van der Waals surface area contributed by atoms with Crippen LogP contribution >= 0.6 is 12.2 Å². The lowest BCUT2D eigenvalue weighted by atomic mass is 10.2. The molecule has 0 amide bonds. The van der Waals surface area contributed by atoms with E-state index < -0.39 is 5.97 Å². The lowest BCUT2D eigenvalue weighted by Crippen LogP contribution is -2.38. The summed E-state index contributed by atoms with van der Waals surface area (Å²) >= 11 is 4.93. The lowest BCUT2D eigenvalue weighted by Gasteiger charge is -2.11. The Kier molecular flexibility index (Phi) is 4.53. The van der Waals surface area contributed by atoms with Gasteiger partial charge in [-0.15, -0.1) is 0 Å². The maximum absolute atomic E-state index is 10.5. The standard InChI is InChI=1S/C10H13N3O2S/c1-2-11-10(16)13-12-8-5-3-7(4-6-8)9(14)15/h3-6,12H,2H2,1H3,(H,14,15)(H2,11,13,16)/p-1. The van der Waals surface area contributed by atoms with E-state index in [1.54, 1.807) is 12.1 Å². The van der Waals surface area contributed by atoms with E-state index in [-0.39, 0.29) is 5.56 Å². The summed E-state index contributed by atoms with van der Waals surface area (Å²) in [5, 5.41) is 13.9. The molecule has 1 aromatic rings. The molecule has 0 bridgehead atoms. The highest BCUT2D eigenvalue weighted by Gasteiger charge is 1.95. The number of hydrogen-bond donors (Lipinski definition) is 3. The number of carbonyl (C=O) groups is 1. The van der Waals surface area contributed by atoms with Crippen LogP contribution in [0.25, 0.3) is 0 Å². The van der Waals surface area contributed by atoms with Crippen molar-refractivity contribution in [3.05, 3.63) is 29.8 Å². The predicted octanol–water partition coefficient (Wildman–Crippen LogP) is -0.139. The second-order valence-electron chi connectivity index (χ2n) is 2.97. The van der Waals surface area contributed by atoms with Gasteiger partial charge in [-0.1, -0.05) is 12.1 Å². The number of thiocarbonyl (C=S) groups is 1. The molecule has 1 aromatic carbocycles. The molecule has 0 spiro atoms. The summed E-state index contributed by atoms with van der Waals surface area (Å²) in [5.74, 6) is -1.19. The van der Waals surface area contributed by atoms with Gasteiger partial charge in [0.15, 0.2) is 5.11 Å². The number of carbonyl (C=O) groups excluding carboxylic acids is 1. The molecule has 16 heavy (non-hydrogen) atoms. The van der Waals surface area contributed by atoms with Crippen LogP contribution in [0.2, 0.25) is 0 Å². The van der Waals surface area contributed by atoms with Crippen LogP contribution in [0.1, 0.15) is 17.3 Å². The molecule has 0 saturated heterocycles. The number of hydrazine groups is 1. The second kappa shape index (κ2) is 5.92. The predicted molar refractivity (Wildman–Crippen MR) is 63.8 cm³/mol. The highest BCUT2D eigenvalue weighted by Crippen LogP contribution is 2.07. The quantitative estimate of drug-likeness (QED) is 0.501. The van der Waals surface area contributed by atoms with E-state index in [4.69, 9.17) is 12.2 Å². The molecule has 86 valence electrons. The third-order valence-electron chi connectivity index (χ3n) is 1.78. The first-order chi connectivity index (χ1) is 7.63. The minimum absolute atomic E-state index is 0.139. The van der Waals surface area contributed by atoms with Crippen molar-refractivity contribution in [3.63, 3.8) is 0 Å². The third kappa shape index (κ3) is 3.74. The van der Waals surface area contributed by atoms with Gasteiger partial charge in [-0.25, -0.2) is 0 Å². The van der Waals surface area contributed by atoms with E-state index >= 15 is 0 Å². The zero-order chi connectivity index (χ0) is 12.0. The van der Waals surface area contributed by atoms with Crippen LogP contribution in [0.3, 0.4) is 0 Å². The number of nitrogens with one attached hydrogen (secondary N) is 3. The Balaban J connectivity index is 2.49. The molecule has 0 fully saturated rings. The first-order valence-electron chi connectivity index (χ1n) is 4.74. The zero-order valence-corrected chi connectivity index (χ0v) is 9.56. The molecule has 0 aliphatic heterocycles. The number of hydrogen-bond acceptors (Lipinski definition) is 4. The van der Waals surface area contributed by atoms with E-state index in [0.717, 1.165) is 6.54 Å². The SMILES string of the molecule is CCNC(=S)NNc1ccc(C(=O)[O-])cc1. The van der Waals surface area contributed by atoms with Gasteiger partial charge in [0.2, 0.25) is 0 Å². The number of carboxylic acid groups (broad SMARTS) is 1. The second-order valence-corrected chi connectivity index (χ2v) is 3.38. The number of anilines is 1. The third-order valence-corrected chi connectivity index (χ3v) is 2.02. The fourth-order valence-electron chi connectivity index (χ4n) is 1.02. The van der Waals surface area contributed by atoms with Gasteiger partial charge in [0.25, 0.3) is 0 Å². The van der Waals surface area contributed by atoms with Crippen LogP contribution in [0.4, 0.5) is 5.69 Å². The normalized spacial score (nSPS) is 9.31. The van der Waals surface area contributed by atoms with Gasteiger partial charge < -0.3 is 15.2 Å². The molecule has 1 rings (SSSR count). The van der Waals surface area contributed by atoms with Gasteiger partial charge >= 0.3 is 0 Å². The van der Waals surface area contributed by atoms with Crippen molar-refractivity contribution in [1.29, 1.82) is 0 Å². The molecule has 0 atom stereocenters. The first-order valence-corrected chi connectivity index (χ1v) is 5.15. The van der Waals surface area contributed by atoms with Gasteiger partial charge in [0.05, 0.1) is 11.7 Å². The monoisotopic (exact) mass is 238 g/mol. The molecule has 3 N–H and O–H groups in total. The number of aromatic carboxylic acids is 1. The summed E-state index contributed by atoms with van der Waals surface area (Å²) in [6.07, 6.45) is 0. The lowest BCUT2D eigenvalue weighted by molar-refractivity contribution is -0.255. The highest BCUT2D eigenvalue weighted by atomic mass is 32.1. The minimum atomic E-state index is -1.19. The highest BCUT2D eigenvalue weighted by molar-refractivity contribution is 7.80. The molecule has 6 heteroatoms. The van der Waals surface area contributed by atoms with Crippen molar-refractivity contribution >= 4 is 29.0 Å². The van der Waals surface area contributed by atoms with Gasteiger partial charge in [0.1, 0.15) is 0 Å². The van der Waals surface area contributed by atoms with E-state index in [9.17, 15) is 9.90 Å². The van der Waals surface area contributed by atoms with E-state index in [2.05, 4.69) is 16.2 Å². The van der Waals surface area contributed by atoms with Crippen LogP contribution < -0.4 is 21.3 Å². The molecule has 5 nitrogen and oxygen atoms in total. The van der Waals surface area contributed by atoms with Crippen molar-refractivity contribution in [2.24, 2.45) is 0 Å². The van der Waals surface area contributed by atoms with Gasteiger partial charge in [0, 0.05) is 6.54 Å². The minimum Gasteiger partial charge on any atom is -0.545 e. The van der Waals surface area contributed by atoms with Gasteiger partial charge in [-0.05, 0) is 36.8 Å². The fourth-order valence-corrected chi connectivity index (χ4v) is 1.22. The average Bonchev–Trinajstić information content (AvgIpc) is 2.27. The summed E-state index contributed by atoms with van der Waals surface area (Å²) in [5.41, 5.74) is 6.44. The van der Waals surface area contributed by atoms with Gasteiger partial charge in [-0.3, -0.25) is 10.9 Å². The molecular formula is C10H12N3O2S-. The summed E-state index contributed by atoms with van der Waals surface area (Å²) in [6.45, 7) is 2.67. The molecule has 0 saturated carbocycles. The van der Waals surface area contributed by atoms with Crippen LogP contribution in [-0.4, -0.2) is 17.6 Å². The molecule has 0 aliphatic rings. The summed E-state index contributed by atoms with van der Waals surface area (Å²) < 4.78 is 0. The Morgan fingerprint density at radius 2 is 2.00 bits per heavy atom. The Morgan fingerprint density at radius 3 is 2.50 bits per heavy atom. The first kappa shape index (κ1) is 12.3. The topological polar surface area (TPSA) is 76.2 Å². The van der Waals surface area contributed by atoms with Crippen molar-refractivity contribution in [3.8, 4) is 0 Å². The maximum Gasteiger partial charge on any atom is 0.185 e. The molecular weight excluding hydrogens is 226 g/mol. The summed E-state index contributed by atoms with van der Waals surface area (Å²) in [4.78, 5) is 10.5. The van der Waals surface area contributed by atoms with Crippen LogP contribution in [0.15, 0.2) is 24.3 Å². The number of carboxylic acids is 1. The van der Waals surface area contributed by atoms with Crippen molar-refractivity contribution in [2.45, 2.75) is 6.92 Å². The average molecular weight is 238 g/mol. The molecule has 0 unspecified atom stereocenters. The number of benzene rings is 1. The fraction of sp³-hybridized carbons (Fsp3) is 0.200. The Labute approximate surface area is 98.8 Å². The smallest absolute Gasteiger partial charge is 0.185 e. The summed E-state index contributed by atoms with van der Waals surface area (Å²) in [6, 6.07) is 6.14. The van der Waals surface area contributed by atoms with Crippen LogP contribution in [0.5, 0.6) is 0 Å². The van der Waals surface area contributed by atoms with Crippen molar-refractivity contribution < 1.29 is 9.90 Å². The van der Waals surface area contributed by atoms with Gasteiger partial charge in [-0.2, -0.15) is 0 Å². The Bertz CT molecular complexity index is 378. The van der Waals surface area contributed by atoms with E-state index in [1.165, 1.54) is 12.1 Å². The summed E-state index contributed by atoms with van der Waals surface area (Å²) in [7, 11) is 0. The Morgan fingerprint density at radius 1 is 1.38 bits per heavy atom. The molecule has 0 heterocycles.